The minimum absolute atomic E-state index is 0.359. The minimum Gasteiger partial charge on any atom is -0.372 e. The molecule has 0 bridgehead atoms. The Morgan fingerprint density at radius 3 is 3.08 bits per heavy atom. The van der Waals surface area contributed by atoms with E-state index >= 15 is 0 Å². The first-order valence-corrected chi connectivity index (χ1v) is 4.84. The summed E-state index contributed by atoms with van der Waals surface area (Å²) in [6, 6.07) is 10.0. The van der Waals surface area contributed by atoms with Crippen molar-refractivity contribution in [3.63, 3.8) is 0 Å². The van der Waals surface area contributed by atoms with Gasteiger partial charge in [0.15, 0.2) is 0 Å². The van der Waals surface area contributed by atoms with Gasteiger partial charge in [0.05, 0.1) is 6.07 Å². The van der Waals surface area contributed by atoms with E-state index in [2.05, 4.69) is 5.32 Å². The molecular weight excluding hydrogens is 168 g/mol. The lowest BCUT2D eigenvalue weighted by Gasteiger charge is -2.02. The van der Waals surface area contributed by atoms with Crippen molar-refractivity contribution >= 4 is 17.4 Å². The number of benzene rings is 1. The van der Waals surface area contributed by atoms with E-state index in [0.29, 0.717) is 6.54 Å². The monoisotopic (exact) mass is 178 g/mol. The van der Waals surface area contributed by atoms with Gasteiger partial charge in [0.25, 0.3) is 0 Å². The first kappa shape index (κ1) is 8.95. The smallest absolute Gasteiger partial charge is 0.103 e. The van der Waals surface area contributed by atoms with Crippen LogP contribution in [0.4, 0.5) is 5.69 Å². The number of nitrogens with one attached hydrogen (secondary N) is 1. The van der Waals surface area contributed by atoms with E-state index in [-0.39, 0.29) is 0 Å². The van der Waals surface area contributed by atoms with Gasteiger partial charge < -0.3 is 5.32 Å². The maximum atomic E-state index is 8.34. The molecule has 0 aliphatic rings. The molecule has 0 radical (unpaired) electrons. The second-order valence-electron chi connectivity index (χ2n) is 2.24. The highest BCUT2D eigenvalue weighted by atomic mass is 32.2. The van der Waals surface area contributed by atoms with E-state index in [1.807, 2.05) is 36.6 Å². The van der Waals surface area contributed by atoms with Crippen LogP contribution in [0.25, 0.3) is 0 Å². The summed E-state index contributed by atoms with van der Waals surface area (Å²) in [4.78, 5) is 1.21. The molecule has 1 aromatic rings. The number of rotatable bonds is 3. The number of thioether (sulfide) groups is 1. The summed E-state index contributed by atoms with van der Waals surface area (Å²) in [6.07, 6.45) is 2.03. The van der Waals surface area contributed by atoms with Gasteiger partial charge in [-0.1, -0.05) is 6.07 Å². The Hall–Kier alpha value is -1.14. The molecule has 0 aliphatic heterocycles. The standard InChI is InChI=1S/C9H10N2S/c1-12-9-4-2-3-8(7-9)11-6-5-10/h2-4,7,11H,6H2,1H3. The van der Waals surface area contributed by atoms with Gasteiger partial charge >= 0.3 is 0 Å². The molecule has 0 fully saturated rings. The third-order valence-electron chi connectivity index (χ3n) is 1.44. The molecule has 3 heteroatoms. The third-order valence-corrected chi connectivity index (χ3v) is 2.17. The summed E-state index contributed by atoms with van der Waals surface area (Å²) in [6.45, 7) is 0.359. The Morgan fingerprint density at radius 1 is 1.58 bits per heavy atom. The molecule has 12 heavy (non-hydrogen) atoms. The fourth-order valence-corrected chi connectivity index (χ4v) is 1.33. The summed E-state index contributed by atoms with van der Waals surface area (Å²) in [5.41, 5.74) is 1.00. The molecule has 0 saturated heterocycles. The molecule has 2 nitrogen and oxygen atoms in total. The Labute approximate surface area is 76.6 Å². The fraction of sp³-hybridized carbons (Fsp3) is 0.222. The van der Waals surface area contributed by atoms with Crippen molar-refractivity contribution < 1.29 is 0 Å². The normalized spacial score (nSPS) is 9.00. The molecule has 0 saturated carbocycles. The maximum absolute atomic E-state index is 8.34. The summed E-state index contributed by atoms with van der Waals surface area (Å²) >= 11 is 1.69. The van der Waals surface area contributed by atoms with Crippen LogP contribution in [0.15, 0.2) is 29.2 Å². The highest BCUT2D eigenvalue weighted by molar-refractivity contribution is 7.98. The summed E-state index contributed by atoms with van der Waals surface area (Å²) < 4.78 is 0. The molecule has 1 aromatic carbocycles. The SMILES string of the molecule is CSc1cccc(NCC#N)c1. The Morgan fingerprint density at radius 2 is 2.42 bits per heavy atom. The zero-order valence-corrected chi connectivity index (χ0v) is 7.69. The van der Waals surface area contributed by atoms with Crippen LogP contribution in [-0.2, 0) is 0 Å². The lowest BCUT2D eigenvalue weighted by atomic mass is 10.3. The van der Waals surface area contributed by atoms with Crippen molar-refractivity contribution in [2.24, 2.45) is 0 Å². The third kappa shape index (κ3) is 2.48. The van der Waals surface area contributed by atoms with Crippen molar-refractivity contribution in [2.45, 2.75) is 4.90 Å². The van der Waals surface area contributed by atoms with Crippen molar-refractivity contribution in [1.29, 1.82) is 5.26 Å². The van der Waals surface area contributed by atoms with Gasteiger partial charge in [-0.25, -0.2) is 0 Å². The van der Waals surface area contributed by atoms with Gasteiger partial charge in [-0.3, -0.25) is 0 Å². The second-order valence-corrected chi connectivity index (χ2v) is 3.12. The van der Waals surface area contributed by atoms with Crippen molar-refractivity contribution in [3.8, 4) is 6.07 Å². The minimum atomic E-state index is 0.359. The quantitative estimate of drug-likeness (QED) is 0.570. The highest BCUT2D eigenvalue weighted by Crippen LogP contribution is 2.18. The van der Waals surface area contributed by atoms with Crippen molar-refractivity contribution in [1.82, 2.24) is 0 Å². The lowest BCUT2D eigenvalue weighted by Crippen LogP contribution is -1.97. The van der Waals surface area contributed by atoms with Crippen LogP contribution in [0.2, 0.25) is 0 Å². The Balaban J connectivity index is 2.67. The number of anilines is 1. The zero-order valence-electron chi connectivity index (χ0n) is 6.87. The van der Waals surface area contributed by atoms with Gasteiger partial charge in [-0.05, 0) is 24.5 Å². The van der Waals surface area contributed by atoms with Crippen LogP contribution >= 0.6 is 11.8 Å². The first-order valence-electron chi connectivity index (χ1n) is 3.61. The van der Waals surface area contributed by atoms with Crippen LogP contribution in [0.1, 0.15) is 0 Å². The average Bonchev–Trinajstić information content (AvgIpc) is 2.15. The summed E-state index contributed by atoms with van der Waals surface area (Å²) in [7, 11) is 0. The lowest BCUT2D eigenvalue weighted by molar-refractivity contribution is 1.30. The average molecular weight is 178 g/mol. The van der Waals surface area contributed by atoms with Crippen molar-refractivity contribution in [2.75, 3.05) is 18.1 Å². The van der Waals surface area contributed by atoms with Gasteiger partial charge in [0.2, 0.25) is 0 Å². The molecule has 0 aliphatic carbocycles. The zero-order chi connectivity index (χ0) is 8.81. The number of hydrogen-bond acceptors (Lipinski definition) is 3. The number of nitrogens with zero attached hydrogens (tertiary/aromatic N) is 1. The number of hydrogen-bond donors (Lipinski definition) is 1. The first-order chi connectivity index (χ1) is 5.86. The Kier molecular flexibility index (Phi) is 3.49. The largest absolute Gasteiger partial charge is 0.372 e. The van der Waals surface area contributed by atoms with Crippen LogP contribution < -0.4 is 5.32 Å². The molecule has 62 valence electrons. The maximum Gasteiger partial charge on any atom is 0.103 e. The van der Waals surface area contributed by atoms with E-state index in [1.54, 1.807) is 11.8 Å². The van der Waals surface area contributed by atoms with E-state index in [4.69, 9.17) is 5.26 Å². The second kappa shape index (κ2) is 4.68. The molecule has 0 unspecified atom stereocenters. The van der Waals surface area contributed by atoms with Gasteiger partial charge in [0, 0.05) is 10.6 Å². The van der Waals surface area contributed by atoms with E-state index in [9.17, 15) is 0 Å². The van der Waals surface area contributed by atoms with E-state index < -0.39 is 0 Å². The predicted octanol–water partition coefficient (Wildman–Crippen LogP) is 2.34. The van der Waals surface area contributed by atoms with Gasteiger partial charge in [-0.2, -0.15) is 5.26 Å². The summed E-state index contributed by atoms with van der Waals surface area (Å²) in [5.74, 6) is 0. The molecular formula is C9H10N2S. The van der Waals surface area contributed by atoms with Gasteiger partial charge in [0.1, 0.15) is 6.54 Å². The van der Waals surface area contributed by atoms with Crippen LogP contribution in [0.5, 0.6) is 0 Å². The topological polar surface area (TPSA) is 35.8 Å². The molecule has 0 spiro atoms. The van der Waals surface area contributed by atoms with Crippen molar-refractivity contribution in [3.05, 3.63) is 24.3 Å². The van der Waals surface area contributed by atoms with E-state index in [1.165, 1.54) is 4.90 Å². The molecule has 1 rings (SSSR count). The Bertz CT molecular complexity index is 291. The predicted molar refractivity (Wildman–Crippen MR) is 52.3 cm³/mol. The highest BCUT2D eigenvalue weighted by Gasteiger charge is 1.92. The summed E-state index contributed by atoms with van der Waals surface area (Å²) in [5, 5.41) is 11.3. The fourth-order valence-electron chi connectivity index (χ4n) is 0.875. The molecule has 0 heterocycles. The van der Waals surface area contributed by atoms with Crippen LogP contribution in [0, 0.1) is 11.3 Å². The molecule has 0 aromatic heterocycles. The molecule has 0 amide bonds. The van der Waals surface area contributed by atoms with Crippen LogP contribution in [-0.4, -0.2) is 12.8 Å². The molecule has 0 atom stereocenters. The van der Waals surface area contributed by atoms with E-state index in [0.717, 1.165) is 5.69 Å². The molecule has 1 N–H and O–H groups in total. The van der Waals surface area contributed by atoms with Gasteiger partial charge in [-0.15, -0.1) is 11.8 Å². The number of nitriles is 1. The van der Waals surface area contributed by atoms with Crippen LogP contribution in [0.3, 0.4) is 0 Å².